The molecule has 0 fully saturated rings. The standard InChI is InChI=1S/C15H25O4P/c1-3-5-9-13(4-2)12-19-20(17,18)15(16)14-10-7-6-8-11-14/h6-8,10-11,13,15-16H,3-5,9,12H2,1-2H3,(H,17,18). The van der Waals surface area contributed by atoms with Crippen molar-refractivity contribution in [2.45, 2.75) is 45.4 Å². The van der Waals surface area contributed by atoms with Crippen LogP contribution in [0.3, 0.4) is 0 Å². The molecule has 0 aliphatic rings. The molecule has 0 spiro atoms. The molecule has 20 heavy (non-hydrogen) atoms. The molecule has 0 saturated carbocycles. The minimum atomic E-state index is -4.05. The molecule has 0 saturated heterocycles. The average Bonchev–Trinajstić information content (AvgIpc) is 2.47. The van der Waals surface area contributed by atoms with Crippen molar-refractivity contribution in [2.75, 3.05) is 6.61 Å². The monoisotopic (exact) mass is 300 g/mol. The summed E-state index contributed by atoms with van der Waals surface area (Å²) in [7, 11) is -4.05. The van der Waals surface area contributed by atoms with Crippen LogP contribution in [0, 0.1) is 5.92 Å². The third-order valence-corrected chi connectivity index (χ3v) is 4.88. The van der Waals surface area contributed by atoms with E-state index in [1.54, 1.807) is 30.3 Å². The van der Waals surface area contributed by atoms with E-state index < -0.39 is 13.4 Å². The fraction of sp³-hybridized carbons (Fsp3) is 0.600. The van der Waals surface area contributed by atoms with Gasteiger partial charge >= 0.3 is 7.60 Å². The number of aliphatic hydroxyl groups is 1. The second-order valence-electron chi connectivity index (χ2n) is 5.06. The molecule has 4 nitrogen and oxygen atoms in total. The summed E-state index contributed by atoms with van der Waals surface area (Å²) in [5.41, 5.74) is 0.403. The van der Waals surface area contributed by atoms with Gasteiger partial charge in [0.05, 0.1) is 6.61 Å². The maximum absolute atomic E-state index is 12.1. The molecule has 0 aromatic heterocycles. The van der Waals surface area contributed by atoms with Crippen molar-refractivity contribution >= 4 is 7.60 Å². The molecule has 1 aromatic rings. The molecule has 0 heterocycles. The van der Waals surface area contributed by atoms with Crippen LogP contribution in [0.5, 0.6) is 0 Å². The van der Waals surface area contributed by atoms with E-state index >= 15 is 0 Å². The van der Waals surface area contributed by atoms with Gasteiger partial charge in [0.2, 0.25) is 0 Å². The van der Waals surface area contributed by atoms with Crippen molar-refractivity contribution in [2.24, 2.45) is 5.92 Å². The molecule has 0 amide bonds. The Morgan fingerprint density at radius 2 is 1.90 bits per heavy atom. The maximum Gasteiger partial charge on any atom is 0.360 e. The summed E-state index contributed by atoms with van der Waals surface area (Å²) in [4.78, 5) is 9.89. The van der Waals surface area contributed by atoms with Gasteiger partial charge in [0.15, 0.2) is 5.85 Å². The first-order valence-corrected chi connectivity index (χ1v) is 8.86. The van der Waals surface area contributed by atoms with Crippen molar-refractivity contribution < 1.29 is 19.1 Å². The topological polar surface area (TPSA) is 66.8 Å². The van der Waals surface area contributed by atoms with Crippen LogP contribution in [0.2, 0.25) is 0 Å². The Balaban J connectivity index is 2.58. The SMILES string of the molecule is CCCCC(CC)COP(=O)(O)C(O)c1ccccc1. The first-order chi connectivity index (χ1) is 9.51. The number of unbranched alkanes of at least 4 members (excludes halogenated alkanes) is 1. The fourth-order valence-corrected chi connectivity index (χ4v) is 3.11. The molecule has 1 rings (SSSR count). The van der Waals surface area contributed by atoms with Gasteiger partial charge in [-0.15, -0.1) is 0 Å². The molecule has 5 heteroatoms. The lowest BCUT2D eigenvalue weighted by atomic mass is 10.0. The van der Waals surface area contributed by atoms with Crippen LogP contribution in [-0.4, -0.2) is 16.6 Å². The van der Waals surface area contributed by atoms with E-state index in [1.807, 2.05) is 6.92 Å². The van der Waals surface area contributed by atoms with Crippen LogP contribution in [-0.2, 0) is 9.09 Å². The Kier molecular flexibility index (Phi) is 7.46. The van der Waals surface area contributed by atoms with E-state index in [-0.39, 0.29) is 12.5 Å². The largest absolute Gasteiger partial charge is 0.376 e. The normalized spacial score (nSPS) is 17.4. The lowest BCUT2D eigenvalue weighted by molar-refractivity contribution is 0.151. The lowest BCUT2D eigenvalue weighted by Crippen LogP contribution is -2.10. The number of hydrogen-bond acceptors (Lipinski definition) is 3. The van der Waals surface area contributed by atoms with Crippen molar-refractivity contribution in [3.63, 3.8) is 0 Å². The fourth-order valence-electron chi connectivity index (χ4n) is 1.99. The average molecular weight is 300 g/mol. The number of rotatable bonds is 9. The van der Waals surface area contributed by atoms with Crippen LogP contribution >= 0.6 is 7.60 Å². The summed E-state index contributed by atoms with van der Waals surface area (Å²) in [6.45, 7) is 4.37. The molecular formula is C15H25O4P. The van der Waals surface area contributed by atoms with Gasteiger partial charge < -0.3 is 14.5 Å². The summed E-state index contributed by atoms with van der Waals surface area (Å²) in [5, 5.41) is 9.97. The molecule has 0 radical (unpaired) electrons. The van der Waals surface area contributed by atoms with Crippen molar-refractivity contribution in [1.29, 1.82) is 0 Å². The molecule has 2 N–H and O–H groups in total. The number of hydrogen-bond donors (Lipinski definition) is 2. The molecule has 0 aliphatic carbocycles. The second-order valence-corrected chi connectivity index (χ2v) is 6.94. The van der Waals surface area contributed by atoms with Gasteiger partial charge in [0.1, 0.15) is 0 Å². The summed E-state index contributed by atoms with van der Waals surface area (Å²) >= 11 is 0. The zero-order valence-corrected chi connectivity index (χ0v) is 13.1. The zero-order valence-electron chi connectivity index (χ0n) is 12.2. The Hall–Kier alpha value is -0.670. The van der Waals surface area contributed by atoms with Crippen LogP contribution in [0.25, 0.3) is 0 Å². The van der Waals surface area contributed by atoms with Crippen molar-refractivity contribution in [3.8, 4) is 0 Å². The first kappa shape index (κ1) is 17.4. The molecule has 0 aliphatic heterocycles. The maximum atomic E-state index is 12.1. The van der Waals surface area contributed by atoms with E-state index in [0.717, 1.165) is 25.7 Å². The Labute approximate surface area is 121 Å². The minimum absolute atomic E-state index is 0.216. The smallest absolute Gasteiger partial charge is 0.360 e. The van der Waals surface area contributed by atoms with Crippen LogP contribution in [0.1, 0.15) is 50.9 Å². The van der Waals surface area contributed by atoms with Gasteiger partial charge in [-0.2, -0.15) is 0 Å². The third kappa shape index (κ3) is 5.37. The minimum Gasteiger partial charge on any atom is -0.376 e. The highest BCUT2D eigenvalue weighted by Crippen LogP contribution is 2.55. The number of aliphatic hydroxyl groups excluding tert-OH is 1. The Bertz CT molecular complexity index is 421. The molecular weight excluding hydrogens is 275 g/mol. The number of benzene rings is 1. The predicted octanol–water partition coefficient (Wildman–Crippen LogP) is 4.10. The van der Waals surface area contributed by atoms with E-state index in [2.05, 4.69) is 6.92 Å². The highest BCUT2D eigenvalue weighted by atomic mass is 31.2. The van der Waals surface area contributed by atoms with Crippen LogP contribution in [0.4, 0.5) is 0 Å². The molecule has 0 bridgehead atoms. The summed E-state index contributed by atoms with van der Waals surface area (Å²) in [6, 6.07) is 8.46. The van der Waals surface area contributed by atoms with Gasteiger partial charge in [-0.25, -0.2) is 0 Å². The van der Waals surface area contributed by atoms with Gasteiger partial charge in [-0.3, -0.25) is 4.57 Å². The summed E-state index contributed by atoms with van der Waals surface area (Å²) in [6.07, 6.45) is 4.06. The third-order valence-electron chi connectivity index (χ3n) is 3.45. The van der Waals surface area contributed by atoms with Gasteiger partial charge in [0.25, 0.3) is 0 Å². The molecule has 3 unspecified atom stereocenters. The quantitative estimate of drug-likeness (QED) is 0.674. The van der Waals surface area contributed by atoms with Gasteiger partial charge in [-0.05, 0) is 17.9 Å². The van der Waals surface area contributed by atoms with Gasteiger partial charge in [-0.1, -0.05) is 63.4 Å². The Morgan fingerprint density at radius 3 is 2.45 bits per heavy atom. The highest BCUT2D eigenvalue weighted by molar-refractivity contribution is 7.53. The Morgan fingerprint density at radius 1 is 1.25 bits per heavy atom. The highest BCUT2D eigenvalue weighted by Gasteiger charge is 2.32. The summed E-state index contributed by atoms with van der Waals surface area (Å²) < 4.78 is 17.2. The van der Waals surface area contributed by atoms with E-state index in [9.17, 15) is 14.6 Å². The van der Waals surface area contributed by atoms with E-state index in [4.69, 9.17) is 4.52 Å². The summed E-state index contributed by atoms with van der Waals surface area (Å²) in [5.74, 6) is -1.22. The second kappa shape index (κ2) is 8.58. The van der Waals surface area contributed by atoms with E-state index in [1.165, 1.54) is 0 Å². The zero-order chi connectivity index (χ0) is 15.0. The van der Waals surface area contributed by atoms with E-state index in [0.29, 0.717) is 5.56 Å². The molecule has 3 atom stereocenters. The van der Waals surface area contributed by atoms with Crippen LogP contribution in [0.15, 0.2) is 30.3 Å². The first-order valence-electron chi connectivity index (χ1n) is 7.21. The molecule has 1 aromatic carbocycles. The van der Waals surface area contributed by atoms with Gasteiger partial charge in [0, 0.05) is 0 Å². The van der Waals surface area contributed by atoms with Crippen molar-refractivity contribution in [3.05, 3.63) is 35.9 Å². The van der Waals surface area contributed by atoms with Crippen molar-refractivity contribution in [1.82, 2.24) is 0 Å². The molecule has 114 valence electrons. The predicted molar refractivity (Wildman–Crippen MR) is 80.5 cm³/mol. The lowest BCUT2D eigenvalue weighted by Gasteiger charge is -2.21. The van der Waals surface area contributed by atoms with Crippen LogP contribution < -0.4 is 0 Å².